The van der Waals surface area contributed by atoms with Crippen LogP contribution in [-0.2, 0) is 10.2 Å². The second kappa shape index (κ2) is 8.25. The van der Waals surface area contributed by atoms with Crippen LogP contribution in [0, 0.1) is 5.41 Å². The van der Waals surface area contributed by atoms with Crippen molar-refractivity contribution < 1.29 is 8.42 Å². The molecular weight excluding hydrogens is 312 g/mol. The van der Waals surface area contributed by atoms with Crippen molar-refractivity contribution in [1.29, 1.82) is 0 Å². The summed E-state index contributed by atoms with van der Waals surface area (Å²) in [5.41, 5.74) is 0.345. The fourth-order valence-electron chi connectivity index (χ4n) is 3.67. The number of rotatable bonds is 8. The Labute approximate surface area is 142 Å². The van der Waals surface area contributed by atoms with E-state index in [9.17, 15) is 8.42 Å². The van der Waals surface area contributed by atoms with Gasteiger partial charge in [-0.1, -0.05) is 20.8 Å². The molecule has 0 saturated carbocycles. The highest BCUT2D eigenvalue weighted by Gasteiger charge is 2.35. The van der Waals surface area contributed by atoms with Crippen molar-refractivity contribution in [3.63, 3.8) is 0 Å². The smallest absolute Gasteiger partial charge is 0.282 e. The van der Waals surface area contributed by atoms with Crippen LogP contribution in [0.3, 0.4) is 0 Å². The van der Waals surface area contributed by atoms with Gasteiger partial charge < -0.3 is 10.2 Å². The second-order valence-corrected chi connectivity index (χ2v) is 9.25. The van der Waals surface area contributed by atoms with Crippen molar-refractivity contribution in [3.8, 4) is 0 Å². The quantitative estimate of drug-likeness (QED) is 0.712. The first-order valence-electron chi connectivity index (χ1n) is 9.09. The Balaban J connectivity index is 1.89. The third kappa shape index (κ3) is 4.89. The fraction of sp³-hybridized carbons (Fsp3) is 1.00. The van der Waals surface area contributed by atoms with Gasteiger partial charge in [0.1, 0.15) is 0 Å². The van der Waals surface area contributed by atoms with Crippen LogP contribution in [0.15, 0.2) is 0 Å². The van der Waals surface area contributed by atoms with Gasteiger partial charge in [-0.15, -0.1) is 0 Å². The van der Waals surface area contributed by atoms with E-state index < -0.39 is 10.2 Å². The van der Waals surface area contributed by atoms with Crippen LogP contribution in [0.1, 0.15) is 40.0 Å². The fourth-order valence-corrected chi connectivity index (χ4v) is 5.44. The third-order valence-electron chi connectivity index (χ3n) is 4.99. The lowest BCUT2D eigenvalue weighted by Crippen LogP contribution is -2.54. The Morgan fingerprint density at radius 1 is 1.09 bits per heavy atom. The van der Waals surface area contributed by atoms with E-state index in [0.717, 1.165) is 45.6 Å². The van der Waals surface area contributed by atoms with Crippen molar-refractivity contribution in [1.82, 2.24) is 18.8 Å². The molecule has 2 fully saturated rings. The topological polar surface area (TPSA) is 55.9 Å². The van der Waals surface area contributed by atoms with Gasteiger partial charge in [0.15, 0.2) is 0 Å². The van der Waals surface area contributed by atoms with E-state index in [4.69, 9.17) is 0 Å². The van der Waals surface area contributed by atoms with Crippen molar-refractivity contribution >= 4 is 10.2 Å². The first-order valence-corrected chi connectivity index (χ1v) is 10.5. The van der Waals surface area contributed by atoms with Crippen LogP contribution < -0.4 is 5.32 Å². The summed E-state index contributed by atoms with van der Waals surface area (Å²) in [6.45, 7) is 13.8. The van der Waals surface area contributed by atoms with Gasteiger partial charge >= 0.3 is 0 Å². The SMILES string of the molecule is CCCN(CCC)S(=O)(=O)N1CCN(CC2(C)CCNC2)CC1. The Hall–Kier alpha value is -0.210. The highest BCUT2D eigenvalue weighted by Crippen LogP contribution is 2.26. The summed E-state index contributed by atoms with van der Waals surface area (Å²) in [4.78, 5) is 2.43. The second-order valence-electron chi connectivity index (χ2n) is 7.32. The molecule has 0 bridgehead atoms. The zero-order valence-corrected chi connectivity index (χ0v) is 15.9. The Kier molecular flexibility index (Phi) is 6.86. The van der Waals surface area contributed by atoms with E-state index in [0.29, 0.717) is 31.6 Å². The van der Waals surface area contributed by atoms with Crippen LogP contribution in [0.2, 0.25) is 0 Å². The molecule has 136 valence electrons. The van der Waals surface area contributed by atoms with Gasteiger partial charge in [0.05, 0.1) is 0 Å². The van der Waals surface area contributed by atoms with Crippen LogP contribution >= 0.6 is 0 Å². The van der Waals surface area contributed by atoms with Gasteiger partial charge in [-0.25, -0.2) is 0 Å². The summed E-state index contributed by atoms with van der Waals surface area (Å²) < 4.78 is 28.9. The molecule has 6 nitrogen and oxygen atoms in total. The molecule has 0 spiro atoms. The molecule has 2 aliphatic heterocycles. The normalized spacial score (nSPS) is 27.8. The average molecular weight is 347 g/mol. The molecule has 1 unspecified atom stereocenters. The van der Waals surface area contributed by atoms with E-state index in [2.05, 4.69) is 17.1 Å². The molecule has 1 atom stereocenters. The lowest BCUT2D eigenvalue weighted by Gasteiger charge is -2.39. The molecule has 1 N–H and O–H groups in total. The van der Waals surface area contributed by atoms with Crippen molar-refractivity contribution in [2.75, 3.05) is 58.9 Å². The molecule has 0 aromatic heterocycles. The lowest BCUT2D eigenvalue weighted by atomic mass is 9.89. The molecule has 0 aromatic rings. The minimum Gasteiger partial charge on any atom is -0.316 e. The molecule has 2 aliphatic rings. The summed E-state index contributed by atoms with van der Waals surface area (Å²) >= 11 is 0. The molecule has 0 aliphatic carbocycles. The van der Waals surface area contributed by atoms with E-state index in [1.54, 1.807) is 8.61 Å². The molecule has 0 amide bonds. The molecule has 0 radical (unpaired) electrons. The molecule has 23 heavy (non-hydrogen) atoms. The summed E-state index contributed by atoms with van der Waals surface area (Å²) in [5, 5.41) is 3.44. The van der Waals surface area contributed by atoms with Gasteiger partial charge in [-0.3, -0.25) is 0 Å². The predicted molar refractivity (Wildman–Crippen MR) is 94.7 cm³/mol. The highest BCUT2D eigenvalue weighted by molar-refractivity contribution is 7.86. The third-order valence-corrected chi connectivity index (χ3v) is 7.03. The van der Waals surface area contributed by atoms with E-state index in [1.165, 1.54) is 6.42 Å². The van der Waals surface area contributed by atoms with Crippen LogP contribution in [0.25, 0.3) is 0 Å². The number of hydrogen-bond acceptors (Lipinski definition) is 4. The van der Waals surface area contributed by atoms with Crippen LogP contribution in [0.5, 0.6) is 0 Å². The predicted octanol–water partition coefficient (Wildman–Crippen LogP) is 0.970. The molecule has 2 rings (SSSR count). The van der Waals surface area contributed by atoms with Gasteiger partial charge in [0.25, 0.3) is 10.2 Å². The molecule has 0 aromatic carbocycles. The maximum atomic E-state index is 12.8. The average Bonchev–Trinajstić information content (AvgIpc) is 2.94. The summed E-state index contributed by atoms with van der Waals surface area (Å²) in [6, 6.07) is 0. The summed E-state index contributed by atoms with van der Waals surface area (Å²) in [6.07, 6.45) is 2.95. The van der Waals surface area contributed by atoms with Crippen molar-refractivity contribution in [2.24, 2.45) is 5.41 Å². The first-order chi connectivity index (χ1) is 10.9. The van der Waals surface area contributed by atoms with Gasteiger partial charge in [-0.2, -0.15) is 17.0 Å². The van der Waals surface area contributed by atoms with Gasteiger partial charge in [0, 0.05) is 52.4 Å². The molecular formula is C16H34N4O2S. The standard InChI is InChI=1S/C16H34N4O2S/c1-4-8-19(9-5-2)23(21,22)20-12-10-18(11-13-20)15-16(3)6-7-17-14-16/h17H,4-15H2,1-3H3. The van der Waals surface area contributed by atoms with E-state index in [-0.39, 0.29) is 0 Å². The maximum Gasteiger partial charge on any atom is 0.282 e. The largest absolute Gasteiger partial charge is 0.316 e. The Morgan fingerprint density at radius 2 is 1.70 bits per heavy atom. The van der Waals surface area contributed by atoms with Crippen molar-refractivity contribution in [3.05, 3.63) is 0 Å². The van der Waals surface area contributed by atoms with Gasteiger partial charge in [-0.05, 0) is 31.2 Å². The molecule has 2 heterocycles. The molecule has 2 saturated heterocycles. The van der Waals surface area contributed by atoms with Crippen LogP contribution in [0.4, 0.5) is 0 Å². The van der Waals surface area contributed by atoms with E-state index in [1.807, 2.05) is 13.8 Å². The molecule has 7 heteroatoms. The maximum absolute atomic E-state index is 12.8. The number of hydrogen-bond donors (Lipinski definition) is 1. The van der Waals surface area contributed by atoms with Crippen LogP contribution in [-0.4, -0.2) is 80.8 Å². The Morgan fingerprint density at radius 3 is 2.17 bits per heavy atom. The van der Waals surface area contributed by atoms with Gasteiger partial charge in [0.2, 0.25) is 0 Å². The summed E-state index contributed by atoms with van der Waals surface area (Å²) in [7, 11) is -3.29. The number of nitrogens with zero attached hydrogens (tertiary/aromatic N) is 3. The zero-order valence-electron chi connectivity index (χ0n) is 15.1. The number of piperazine rings is 1. The highest BCUT2D eigenvalue weighted by atomic mass is 32.2. The lowest BCUT2D eigenvalue weighted by molar-refractivity contribution is 0.129. The summed E-state index contributed by atoms with van der Waals surface area (Å²) in [5.74, 6) is 0. The van der Waals surface area contributed by atoms with E-state index >= 15 is 0 Å². The number of nitrogens with one attached hydrogen (secondary N) is 1. The minimum atomic E-state index is -3.29. The first kappa shape index (κ1) is 19.1. The minimum absolute atomic E-state index is 0.345. The monoisotopic (exact) mass is 346 g/mol. The zero-order chi connectivity index (χ0) is 16.9. The van der Waals surface area contributed by atoms with Crippen molar-refractivity contribution in [2.45, 2.75) is 40.0 Å². The Bertz CT molecular complexity index is 449.